The van der Waals surface area contributed by atoms with E-state index in [0.29, 0.717) is 22.5 Å². The van der Waals surface area contributed by atoms with Gasteiger partial charge in [-0.2, -0.15) is 0 Å². The Kier molecular flexibility index (Phi) is 6.85. The average molecular weight is 398 g/mol. The summed E-state index contributed by atoms with van der Waals surface area (Å²) in [4.78, 5) is 4.12. The fraction of sp³-hybridized carbons (Fsp3) is 0.462. The minimum Gasteiger partial charge on any atom is -0.370 e. The van der Waals surface area contributed by atoms with Crippen molar-refractivity contribution in [3.8, 4) is 0 Å². The lowest BCUT2D eigenvalue weighted by Gasteiger charge is -2.25. The third-order valence-electron chi connectivity index (χ3n) is 3.23. The summed E-state index contributed by atoms with van der Waals surface area (Å²) in [5.41, 5.74) is 6.21. The van der Waals surface area contributed by atoms with E-state index in [0.717, 1.165) is 6.54 Å². The molecule has 0 saturated heterocycles. The number of guanidine groups is 1. The van der Waals surface area contributed by atoms with Gasteiger partial charge < -0.3 is 11.1 Å². The molecule has 0 unspecified atom stereocenters. The largest absolute Gasteiger partial charge is 0.370 e. The zero-order valence-electron chi connectivity index (χ0n) is 10.5. The predicted octanol–water partition coefficient (Wildman–Crippen LogP) is 3.30. The number of halogens is 3. The van der Waals surface area contributed by atoms with Crippen LogP contribution in [0.5, 0.6) is 0 Å². The van der Waals surface area contributed by atoms with Gasteiger partial charge in [0.05, 0.1) is 6.54 Å². The van der Waals surface area contributed by atoms with Gasteiger partial charge in [-0.15, -0.1) is 24.0 Å². The van der Waals surface area contributed by atoms with Crippen molar-refractivity contribution in [2.24, 2.45) is 16.6 Å². The van der Waals surface area contributed by atoms with Crippen LogP contribution in [0.4, 0.5) is 4.39 Å². The monoisotopic (exact) mass is 397 g/mol. The lowest BCUT2D eigenvalue weighted by molar-refractivity contribution is 0.315. The van der Waals surface area contributed by atoms with Gasteiger partial charge in [-0.25, -0.2) is 9.38 Å². The minimum atomic E-state index is -0.349. The molecule has 1 aromatic rings. The van der Waals surface area contributed by atoms with E-state index in [1.807, 2.05) is 0 Å². The quantitative estimate of drug-likeness (QED) is 0.465. The zero-order valence-corrected chi connectivity index (χ0v) is 13.6. The molecule has 0 spiro atoms. The molecule has 2 rings (SSSR count). The normalized spacial score (nSPS) is 15.6. The summed E-state index contributed by atoms with van der Waals surface area (Å²) in [6.07, 6.45) is 3.82. The lowest BCUT2D eigenvalue weighted by Crippen LogP contribution is -2.37. The van der Waals surface area contributed by atoms with Gasteiger partial charge in [0.2, 0.25) is 0 Å². The number of nitrogens with two attached hydrogens (primary N) is 1. The van der Waals surface area contributed by atoms with Gasteiger partial charge in [0.15, 0.2) is 5.96 Å². The van der Waals surface area contributed by atoms with E-state index < -0.39 is 0 Å². The highest BCUT2D eigenvalue weighted by Gasteiger charge is 2.16. The molecule has 1 aliphatic carbocycles. The van der Waals surface area contributed by atoms with Crippen LogP contribution in [0.1, 0.15) is 24.8 Å². The van der Waals surface area contributed by atoms with Gasteiger partial charge in [0.25, 0.3) is 0 Å². The Labute approximate surface area is 134 Å². The first-order valence-electron chi connectivity index (χ1n) is 6.13. The van der Waals surface area contributed by atoms with Crippen molar-refractivity contribution in [1.29, 1.82) is 0 Å². The Morgan fingerprint density at radius 2 is 2.21 bits per heavy atom. The fourth-order valence-corrected chi connectivity index (χ4v) is 1.98. The van der Waals surface area contributed by atoms with Crippen molar-refractivity contribution in [3.05, 3.63) is 34.6 Å². The Morgan fingerprint density at radius 3 is 2.79 bits per heavy atom. The van der Waals surface area contributed by atoms with E-state index in [2.05, 4.69) is 10.3 Å². The number of benzene rings is 1. The zero-order chi connectivity index (χ0) is 13.0. The molecule has 3 N–H and O–H groups in total. The number of hydrogen-bond donors (Lipinski definition) is 2. The van der Waals surface area contributed by atoms with Crippen LogP contribution in [0, 0.1) is 11.7 Å². The van der Waals surface area contributed by atoms with Gasteiger partial charge in [-0.05, 0) is 30.9 Å². The molecule has 1 aliphatic rings. The summed E-state index contributed by atoms with van der Waals surface area (Å²) in [7, 11) is 0. The van der Waals surface area contributed by atoms with E-state index in [1.165, 1.54) is 25.3 Å². The first-order valence-corrected chi connectivity index (χ1v) is 6.50. The summed E-state index contributed by atoms with van der Waals surface area (Å²) in [6, 6.07) is 4.55. The molecule has 6 heteroatoms. The van der Waals surface area contributed by atoms with Gasteiger partial charge in [0.1, 0.15) is 5.82 Å². The Bertz CT molecular complexity index is 450. The number of rotatable bonds is 4. The third-order valence-corrected chi connectivity index (χ3v) is 3.47. The Morgan fingerprint density at radius 1 is 1.47 bits per heavy atom. The topological polar surface area (TPSA) is 50.4 Å². The van der Waals surface area contributed by atoms with Crippen LogP contribution in [0.15, 0.2) is 23.2 Å². The lowest BCUT2D eigenvalue weighted by atomic mass is 9.85. The van der Waals surface area contributed by atoms with Crippen LogP contribution in [-0.2, 0) is 6.54 Å². The second kappa shape index (κ2) is 7.89. The van der Waals surface area contributed by atoms with E-state index in [4.69, 9.17) is 17.3 Å². The average Bonchev–Trinajstić information content (AvgIpc) is 2.25. The van der Waals surface area contributed by atoms with Crippen LogP contribution in [-0.4, -0.2) is 12.5 Å². The Hall–Kier alpha value is -0.560. The molecular formula is C13H18ClFIN3. The first-order chi connectivity index (χ1) is 8.65. The molecule has 106 valence electrons. The van der Waals surface area contributed by atoms with Crippen LogP contribution < -0.4 is 11.1 Å². The molecule has 19 heavy (non-hydrogen) atoms. The first kappa shape index (κ1) is 16.5. The van der Waals surface area contributed by atoms with E-state index in [1.54, 1.807) is 12.1 Å². The smallest absolute Gasteiger partial charge is 0.188 e. The van der Waals surface area contributed by atoms with Crippen molar-refractivity contribution >= 4 is 41.5 Å². The molecule has 0 amide bonds. The second-order valence-electron chi connectivity index (χ2n) is 4.62. The highest BCUT2D eigenvalue weighted by atomic mass is 127. The molecule has 3 nitrogen and oxygen atoms in total. The second-order valence-corrected chi connectivity index (χ2v) is 5.05. The summed E-state index contributed by atoms with van der Waals surface area (Å²) in [5, 5.41) is 3.45. The maximum Gasteiger partial charge on any atom is 0.188 e. The summed E-state index contributed by atoms with van der Waals surface area (Å²) >= 11 is 5.67. The fourth-order valence-electron chi connectivity index (χ4n) is 1.82. The van der Waals surface area contributed by atoms with Crippen LogP contribution in [0.3, 0.4) is 0 Å². The van der Waals surface area contributed by atoms with Gasteiger partial charge >= 0.3 is 0 Å². The molecule has 0 bridgehead atoms. The van der Waals surface area contributed by atoms with Gasteiger partial charge in [-0.1, -0.05) is 24.1 Å². The number of hydrogen-bond acceptors (Lipinski definition) is 1. The standard InChI is InChI=1S/C13H17ClFN3.HI/c14-11-5-4-10(12(15)6-11)8-18-13(16)17-7-9-2-1-3-9;/h4-6,9H,1-3,7-8H2,(H3,16,17,18);1H. The highest BCUT2D eigenvalue weighted by molar-refractivity contribution is 14.0. The van der Waals surface area contributed by atoms with Gasteiger partial charge in [0, 0.05) is 17.1 Å². The molecule has 0 radical (unpaired) electrons. The van der Waals surface area contributed by atoms with Crippen molar-refractivity contribution < 1.29 is 4.39 Å². The van der Waals surface area contributed by atoms with E-state index in [-0.39, 0.29) is 36.3 Å². The SMILES string of the molecule is I.NC(=NCc1ccc(Cl)cc1F)NCC1CCC1. The molecule has 0 aromatic heterocycles. The molecule has 1 fully saturated rings. The molecule has 0 heterocycles. The number of nitrogens with zero attached hydrogens (tertiary/aromatic N) is 1. The maximum absolute atomic E-state index is 13.5. The molecule has 1 saturated carbocycles. The van der Waals surface area contributed by atoms with E-state index >= 15 is 0 Å². The van der Waals surface area contributed by atoms with Gasteiger partial charge in [-0.3, -0.25) is 0 Å². The molecule has 1 aromatic carbocycles. The molecular weight excluding hydrogens is 380 g/mol. The predicted molar refractivity (Wildman–Crippen MR) is 87.5 cm³/mol. The van der Waals surface area contributed by atoms with Crippen molar-refractivity contribution in [1.82, 2.24) is 5.32 Å². The summed E-state index contributed by atoms with van der Waals surface area (Å²) in [6.45, 7) is 1.09. The molecule has 0 atom stereocenters. The minimum absolute atomic E-state index is 0. The third kappa shape index (κ3) is 5.14. The summed E-state index contributed by atoms with van der Waals surface area (Å²) in [5.74, 6) is 0.736. The number of nitrogens with one attached hydrogen (secondary N) is 1. The van der Waals surface area contributed by atoms with Crippen molar-refractivity contribution in [2.75, 3.05) is 6.54 Å². The Balaban J connectivity index is 0.00000180. The van der Waals surface area contributed by atoms with Crippen LogP contribution in [0.25, 0.3) is 0 Å². The van der Waals surface area contributed by atoms with E-state index in [9.17, 15) is 4.39 Å². The van der Waals surface area contributed by atoms with Crippen molar-refractivity contribution in [2.45, 2.75) is 25.8 Å². The van der Waals surface area contributed by atoms with Crippen molar-refractivity contribution in [3.63, 3.8) is 0 Å². The van der Waals surface area contributed by atoms with Crippen LogP contribution >= 0.6 is 35.6 Å². The summed E-state index contributed by atoms with van der Waals surface area (Å²) < 4.78 is 13.5. The highest BCUT2D eigenvalue weighted by Crippen LogP contribution is 2.25. The van der Waals surface area contributed by atoms with Crippen LogP contribution in [0.2, 0.25) is 5.02 Å². The molecule has 0 aliphatic heterocycles. The number of aliphatic imine (C=N–C) groups is 1. The maximum atomic E-state index is 13.5.